The summed E-state index contributed by atoms with van der Waals surface area (Å²) in [7, 11) is 1.35. The van der Waals surface area contributed by atoms with Crippen molar-refractivity contribution in [2.24, 2.45) is 5.73 Å². The number of methoxy groups -OCH3 is 1. The molecule has 82 valence electrons. The quantitative estimate of drug-likeness (QED) is 0.638. The number of carbonyl (C=O) groups excluding carboxylic acids is 1. The molecular formula is C10H19NO3. The second-order valence-electron chi connectivity index (χ2n) is 5.01. The Morgan fingerprint density at radius 2 is 1.86 bits per heavy atom. The van der Waals surface area contributed by atoms with E-state index in [4.69, 9.17) is 15.2 Å². The largest absolute Gasteiger partial charge is 0.468 e. The van der Waals surface area contributed by atoms with Gasteiger partial charge in [0.1, 0.15) is 5.54 Å². The molecule has 0 aliphatic carbocycles. The molecule has 0 saturated carbocycles. The Morgan fingerprint density at radius 3 is 2.14 bits per heavy atom. The van der Waals surface area contributed by atoms with E-state index < -0.39 is 17.1 Å². The van der Waals surface area contributed by atoms with E-state index in [-0.39, 0.29) is 5.60 Å². The Bertz CT molecular complexity index is 260. The summed E-state index contributed by atoms with van der Waals surface area (Å²) in [6.07, 6.45) is 0.472. The molecule has 1 saturated heterocycles. The van der Waals surface area contributed by atoms with E-state index in [0.29, 0.717) is 6.42 Å². The van der Waals surface area contributed by atoms with Gasteiger partial charge in [0.15, 0.2) is 0 Å². The molecule has 0 amide bonds. The first kappa shape index (κ1) is 11.5. The molecule has 0 radical (unpaired) electrons. The Kier molecular flexibility index (Phi) is 2.41. The number of rotatable bonds is 1. The number of hydrogen-bond acceptors (Lipinski definition) is 4. The maximum absolute atomic E-state index is 11.6. The second kappa shape index (κ2) is 2.94. The number of esters is 1. The minimum Gasteiger partial charge on any atom is -0.468 e. The average Bonchev–Trinajstić information content (AvgIpc) is 2.15. The lowest BCUT2D eigenvalue weighted by atomic mass is 9.80. The summed E-state index contributed by atoms with van der Waals surface area (Å²) in [5.74, 6) is -0.409. The highest BCUT2D eigenvalue weighted by molar-refractivity contribution is 5.82. The van der Waals surface area contributed by atoms with Crippen LogP contribution in [0.15, 0.2) is 0 Å². The maximum Gasteiger partial charge on any atom is 0.328 e. The van der Waals surface area contributed by atoms with Crippen LogP contribution in [0.2, 0.25) is 0 Å². The van der Waals surface area contributed by atoms with Gasteiger partial charge in [-0.15, -0.1) is 0 Å². The normalized spacial score (nSPS) is 34.1. The summed E-state index contributed by atoms with van der Waals surface area (Å²) in [6.45, 7) is 7.48. The van der Waals surface area contributed by atoms with Crippen LogP contribution in [0, 0.1) is 0 Å². The van der Waals surface area contributed by atoms with Crippen LogP contribution in [0.4, 0.5) is 0 Å². The molecule has 0 aromatic rings. The summed E-state index contributed by atoms with van der Waals surface area (Å²) < 4.78 is 10.5. The lowest BCUT2D eigenvalue weighted by molar-refractivity contribution is -0.154. The summed E-state index contributed by atoms with van der Waals surface area (Å²) in [5.41, 5.74) is 3.94. The first-order valence-corrected chi connectivity index (χ1v) is 4.72. The lowest BCUT2D eigenvalue weighted by Crippen LogP contribution is -2.60. The highest BCUT2D eigenvalue weighted by atomic mass is 16.6. The number of carbonyl (C=O) groups is 1. The molecule has 1 fully saturated rings. The van der Waals surface area contributed by atoms with Gasteiger partial charge in [0.25, 0.3) is 0 Å². The molecule has 1 aliphatic heterocycles. The Hall–Kier alpha value is -0.610. The van der Waals surface area contributed by atoms with Crippen molar-refractivity contribution in [1.82, 2.24) is 0 Å². The minimum atomic E-state index is -1.05. The zero-order chi connectivity index (χ0) is 11.2. The maximum atomic E-state index is 11.6. The summed E-state index contributed by atoms with van der Waals surface area (Å²) in [4.78, 5) is 11.6. The number of nitrogens with two attached hydrogens (primary N) is 1. The predicted octanol–water partition coefficient (Wildman–Crippen LogP) is 0.834. The Morgan fingerprint density at radius 1 is 1.36 bits per heavy atom. The van der Waals surface area contributed by atoms with Gasteiger partial charge >= 0.3 is 5.97 Å². The van der Waals surface area contributed by atoms with Gasteiger partial charge in [0.05, 0.1) is 18.3 Å². The topological polar surface area (TPSA) is 61.5 Å². The molecule has 0 aromatic heterocycles. The standard InChI is InChI=1S/C10H19NO3/c1-8(2)6-10(11,7(12)13-5)9(3,4)14-8/h6,11H2,1-5H3. The molecule has 0 bridgehead atoms. The van der Waals surface area contributed by atoms with Crippen LogP contribution < -0.4 is 5.73 Å². The van der Waals surface area contributed by atoms with E-state index in [1.807, 2.05) is 27.7 Å². The number of hydrogen-bond donors (Lipinski definition) is 1. The van der Waals surface area contributed by atoms with Gasteiger partial charge in [-0.05, 0) is 27.7 Å². The molecular weight excluding hydrogens is 182 g/mol. The zero-order valence-corrected chi connectivity index (χ0v) is 9.51. The van der Waals surface area contributed by atoms with Crippen LogP contribution in [0.1, 0.15) is 34.1 Å². The molecule has 1 atom stereocenters. The third kappa shape index (κ3) is 1.53. The third-order valence-corrected chi connectivity index (χ3v) is 2.86. The van der Waals surface area contributed by atoms with Crippen LogP contribution in [0.5, 0.6) is 0 Å². The monoisotopic (exact) mass is 201 g/mol. The molecule has 1 aliphatic rings. The summed E-state index contributed by atoms with van der Waals surface area (Å²) >= 11 is 0. The summed E-state index contributed by atoms with van der Waals surface area (Å²) in [6, 6.07) is 0. The van der Waals surface area contributed by atoms with E-state index in [2.05, 4.69) is 0 Å². The van der Waals surface area contributed by atoms with Crippen molar-refractivity contribution in [3.05, 3.63) is 0 Å². The SMILES string of the molecule is COC(=O)C1(N)CC(C)(C)OC1(C)C. The lowest BCUT2D eigenvalue weighted by Gasteiger charge is -2.33. The molecule has 4 heteroatoms. The molecule has 1 heterocycles. The van der Waals surface area contributed by atoms with Gasteiger partial charge in [-0.2, -0.15) is 0 Å². The van der Waals surface area contributed by atoms with Crippen LogP contribution in [-0.2, 0) is 14.3 Å². The number of ether oxygens (including phenoxy) is 2. The molecule has 0 spiro atoms. The molecule has 2 N–H and O–H groups in total. The minimum absolute atomic E-state index is 0.383. The van der Waals surface area contributed by atoms with Gasteiger partial charge in [-0.3, -0.25) is 0 Å². The molecule has 14 heavy (non-hydrogen) atoms. The fourth-order valence-corrected chi connectivity index (χ4v) is 2.20. The van der Waals surface area contributed by atoms with Crippen LogP contribution >= 0.6 is 0 Å². The van der Waals surface area contributed by atoms with Crippen molar-refractivity contribution < 1.29 is 14.3 Å². The highest BCUT2D eigenvalue weighted by Gasteiger charge is 2.60. The van der Waals surface area contributed by atoms with Crippen molar-refractivity contribution >= 4 is 5.97 Å². The Balaban J connectivity index is 3.05. The molecule has 4 nitrogen and oxygen atoms in total. The predicted molar refractivity (Wildman–Crippen MR) is 52.8 cm³/mol. The van der Waals surface area contributed by atoms with Crippen LogP contribution in [0.3, 0.4) is 0 Å². The van der Waals surface area contributed by atoms with Crippen LogP contribution in [-0.4, -0.2) is 29.8 Å². The van der Waals surface area contributed by atoms with Crippen molar-refractivity contribution in [2.45, 2.75) is 50.9 Å². The smallest absolute Gasteiger partial charge is 0.328 e. The third-order valence-electron chi connectivity index (χ3n) is 2.86. The summed E-state index contributed by atoms with van der Waals surface area (Å²) in [5, 5.41) is 0. The van der Waals surface area contributed by atoms with Gasteiger partial charge in [-0.25, -0.2) is 4.79 Å². The van der Waals surface area contributed by atoms with E-state index in [9.17, 15) is 4.79 Å². The second-order valence-corrected chi connectivity index (χ2v) is 5.01. The first-order valence-electron chi connectivity index (χ1n) is 4.72. The van der Waals surface area contributed by atoms with Crippen molar-refractivity contribution in [3.8, 4) is 0 Å². The van der Waals surface area contributed by atoms with Gasteiger partial charge in [0, 0.05) is 6.42 Å². The van der Waals surface area contributed by atoms with Gasteiger partial charge < -0.3 is 15.2 Å². The van der Waals surface area contributed by atoms with E-state index >= 15 is 0 Å². The Labute approximate surface area is 84.7 Å². The first-order chi connectivity index (χ1) is 6.15. The van der Waals surface area contributed by atoms with Crippen LogP contribution in [0.25, 0.3) is 0 Å². The molecule has 0 aromatic carbocycles. The van der Waals surface area contributed by atoms with E-state index in [1.54, 1.807) is 0 Å². The fraction of sp³-hybridized carbons (Fsp3) is 0.900. The molecule has 1 rings (SSSR count). The van der Waals surface area contributed by atoms with E-state index in [0.717, 1.165) is 0 Å². The fourth-order valence-electron chi connectivity index (χ4n) is 2.20. The zero-order valence-electron chi connectivity index (χ0n) is 9.51. The van der Waals surface area contributed by atoms with Gasteiger partial charge in [0.2, 0.25) is 0 Å². The average molecular weight is 201 g/mol. The van der Waals surface area contributed by atoms with Crippen molar-refractivity contribution in [3.63, 3.8) is 0 Å². The van der Waals surface area contributed by atoms with Gasteiger partial charge in [-0.1, -0.05) is 0 Å². The van der Waals surface area contributed by atoms with Crippen molar-refractivity contribution in [2.75, 3.05) is 7.11 Å². The van der Waals surface area contributed by atoms with E-state index in [1.165, 1.54) is 7.11 Å². The molecule has 1 unspecified atom stereocenters. The highest BCUT2D eigenvalue weighted by Crippen LogP contribution is 2.43. The van der Waals surface area contributed by atoms with Crippen molar-refractivity contribution in [1.29, 1.82) is 0 Å².